The summed E-state index contributed by atoms with van der Waals surface area (Å²) in [6.45, 7) is 4.89. The second-order valence-corrected chi connectivity index (χ2v) is 11.1. The smallest absolute Gasteiger partial charge is 0.253 e. The van der Waals surface area contributed by atoms with Gasteiger partial charge in [0.1, 0.15) is 24.2 Å². The van der Waals surface area contributed by atoms with Crippen molar-refractivity contribution in [3.05, 3.63) is 48.5 Å². The number of likely N-dealkylation sites (tertiary alicyclic amines) is 1. The number of morpholine rings is 1. The van der Waals surface area contributed by atoms with E-state index in [1.165, 1.54) is 38.0 Å². The van der Waals surface area contributed by atoms with E-state index in [4.69, 9.17) is 14.2 Å². The number of hydrogen-bond donors (Lipinski definition) is 0. The van der Waals surface area contributed by atoms with Crippen molar-refractivity contribution in [2.75, 3.05) is 56.2 Å². The van der Waals surface area contributed by atoms with E-state index in [9.17, 15) is 4.79 Å². The molecule has 1 amide bonds. The summed E-state index contributed by atoms with van der Waals surface area (Å²) in [5.74, 6) is 1.78. The second-order valence-electron chi connectivity index (χ2n) is 11.1. The fourth-order valence-electron chi connectivity index (χ4n) is 6.23. The van der Waals surface area contributed by atoms with Crippen LogP contribution in [-0.4, -0.2) is 75.0 Å². The average Bonchev–Trinajstić information content (AvgIpc) is 2.91. The Morgan fingerprint density at radius 1 is 0.838 bits per heavy atom. The Bertz CT molecular complexity index is 1050. The number of carbonyl (C=O) groups excluding carboxylic acids is 1. The molecule has 4 aliphatic rings. The van der Waals surface area contributed by atoms with Gasteiger partial charge in [0.15, 0.2) is 0 Å². The molecule has 0 N–H and O–H groups in total. The lowest BCUT2D eigenvalue weighted by molar-refractivity contribution is -0.141. The van der Waals surface area contributed by atoms with Gasteiger partial charge in [0.05, 0.1) is 19.3 Å². The summed E-state index contributed by atoms with van der Waals surface area (Å²) in [6.07, 6.45) is 8.55. The highest BCUT2D eigenvalue weighted by Gasteiger charge is 2.42. The molecule has 4 fully saturated rings. The minimum absolute atomic E-state index is 0.0162. The topological polar surface area (TPSA) is 54.5 Å². The molecule has 2 aromatic carbocycles. The quantitative estimate of drug-likeness (QED) is 0.577. The number of benzene rings is 2. The van der Waals surface area contributed by atoms with Crippen molar-refractivity contribution in [3.8, 4) is 11.5 Å². The first-order valence-electron chi connectivity index (χ1n) is 13.9. The van der Waals surface area contributed by atoms with E-state index in [0.717, 1.165) is 62.0 Å². The largest absolute Gasteiger partial charge is 0.497 e. The molecule has 3 aliphatic heterocycles. The van der Waals surface area contributed by atoms with Crippen molar-refractivity contribution in [1.29, 1.82) is 0 Å². The minimum Gasteiger partial charge on any atom is -0.497 e. The van der Waals surface area contributed by atoms with Crippen molar-refractivity contribution in [2.24, 2.45) is 0 Å². The molecule has 7 nitrogen and oxygen atoms in total. The normalized spacial score (nSPS) is 23.2. The summed E-state index contributed by atoms with van der Waals surface area (Å²) in [7, 11) is 1.65. The third kappa shape index (κ3) is 5.30. The highest BCUT2D eigenvalue weighted by molar-refractivity contribution is 5.95. The van der Waals surface area contributed by atoms with Crippen LogP contribution in [0.3, 0.4) is 0 Å². The SMILES string of the molecule is COc1ccc(N2CC3(CCN(c4ccc(OC5CCN(C6CCC6)CC5)cc4)CC3)OCC2=O)cc1. The lowest BCUT2D eigenvalue weighted by atomic mass is 9.88. The molecule has 1 saturated carbocycles. The Morgan fingerprint density at radius 2 is 1.49 bits per heavy atom. The number of rotatable bonds is 6. The third-order valence-electron chi connectivity index (χ3n) is 8.88. The number of ether oxygens (including phenoxy) is 3. The third-order valence-corrected chi connectivity index (χ3v) is 8.88. The lowest BCUT2D eigenvalue weighted by Crippen LogP contribution is -2.59. The van der Waals surface area contributed by atoms with Crippen molar-refractivity contribution < 1.29 is 19.0 Å². The Labute approximate surface area is 220 Å². The summed E-state index contributed by atoms with van der Waals surface area (Å²) in [5.41, 5.74) is 1.84. The van der Waals surface area contributed by atoms with Gasteiger partial charge in [-0.25, -0.2) is 0 Å². The predicted molar refractivity (Wildman–Crippen MR) is 145 cm³/mol. The summed E-state index contributed by atoms with van der Waals surface area (Å²) in [4.78, 5) is 19.6. The molecular weight excluding hydrogens is 466 g/mol. The van der Waals surface area contributed by atoms with Gasteiger partial charge < -0.3 is 28.9 Å². The monoisotopic (exact) mass is 505 g/mol. The first kappa shape index (κ1) is 24.6. The van der Waals surface area contributed by atoms with Gasteiger partial charge in [0.25, 0.3) is 5.91 Å². The van der Waals surface area contributed by atoms with Gasteiger partial charge in [-0.15, -0.1) is 0 Å². The molecule has 1 aliphatic carbocycles. The van der Waals surface area contributed by atoms with Crippen molar-refractivity contribution >= 4 is 17.3 Å². The van der Waals surface area contributed by atoms with Crippen molar-refractivity contribution in [2.45, 2.75) is 62.7 Å². The van der Waals surface area contributed by atoms with Gasteiger partial charge in [-0.05, 0) is 87.1 Å². The molecule has 2 aromatic rings. The van der Waals surface area contributed by atoms with Crippen molar-refractivity contribution in [1.82, 2.24) is 4.90 Å². The molecule has 1 spiro atoms. The molecule has 3 heterocycles. The summed E-state index contributed by atoms with van der Waals surface area (Å²) in [6, 6.07) is 17.2. The number of carbonyl (C=O) groups is 1. The van der Waals surface area contributed by atoms with Crippen LogP contribution in [0, 0.1) is 0 Å². The van der Waals surface area contributed by atoms with Crippen LogP contribution in [0.25, 0.3) is 0 Å². The maximum atomic E-state index is 12.6. The summed E-state index contributed by atoms with van der Waals surface area (Å²) >= 11 is 0. The van der Waals surface area contributed by atoms with E-state index in [-0.39, 0.29) is 18.1 Å². The zero-order valence-electron chi connectivity index (χ0n) is 21.9. The summed E-state index contributed by atoms with van der Waals surface area (Å²) < 4.78 is 17.8. The molecule has 0 bridgehead atoms. The number of methoxy groups -OCH3 is 1. The standard InChI is InChI=1S/C30H39N3O4/c1-35-26-9-7-25(8-10-26)33-22-30(36-21-29(33)34)15-19-32(20-16-30)24-5-11-27(12-6-24)37-28-13-17-31(18-14-28)23-3-2-4-23/h5-12,23,28H,2-4,13-22H2,1H3. The Balaban J connectivity index is 1.01. The van der Waals surface area contributed by atoms with E-state index in [1.807, 2.05) is 29.2 Å². The fourth-order valence-corrected chi connectivity index (χ4v) is 6.23. The molecule has 198 valence electrons. The Hall–Kier alpha value is -2.77. The molecule has 0 atom stereocenters. The maximum absolute atomic E-state index is 12.6. The van der Waals surface area contributed by atoms with E-state index >= 15 is 0 Å². The van der Waals surface area contributed by atoms with Gasteiger partial charge in [-0.2, -0.15) is 0 Å². The minimum atomic E-state index is -0.290. The first-order chi connectivity index (χ1) is 18.1. The summed E-state index contributed by atoms with van der Waals surface area (Å²) in [5, 5.41) is 0. The molecule has 0 unspecified atom stereocenters. The van der Waals surface area contributed by atoms with Gasteiger partial charge in [0.2, 0.25) is 0 Å². The van der Waals surface area contributed by atoms with Gasteiger partial charge in [0, 0.05) is 43.6 Å². The van der Waals surface area contributed by atoms with Crippen molar-refractivity contribution in [3.63, 3.8) is 0 Å². The Morgan fingerprint density at radius 3 is 2.11 bits per heavy atom. The molecular formula is C30H39N3O4. The first-order valence-corrected chi connectivity index (χ1v) is 13.9. The molecule has 7 heteroatoms. The number of nitrogens with zero attached hydrogens (tertiary/aromatic N) is 3. The van der Waals surface area contributed by atoms with Crippen LogP contribution in [0.5, 0.6) is 11.5 Å². The van der Waals surface area contributed by atoms with Crippen LogP contribution in [0.15, 0.2) is 48.5 Å². The van der Waals surface area contributed by atoms with Crippen LogP contribution < -0.4 is 19.3 Å². The molecule has 37 heavy (non-hydrogen) atoms. The molecule has 6 rings (SSSR count). The van der Waals surface area contributed by atoms with E-state index in [2.05, 4.69) is 34.1 Å². The van der Waals surface area contributed by atoms with E-state index in [0.29, 0.717) is 12.6 Å². The fraction of sp³-hybridized carbons (Fsp3) is 0.567. The number of anilines is 2. The van der Waals surface area contributed by atoms with Gasteiger partial charge >= 0.3 is 0 Å². The molecule has 3 saturated heterocycles. The lowest BCUT2D eigenvalue weighted by Gasteiger charge is -2.47. The van der Waals surface area contributed by atoms with Gasteiger partial charge in [-0.3, -0.25) is 4.79 Å². The van der Waals surface area contributed by atoms with Crippen LogP contribution in [-0.2, 0) is 9.53 Å². The average molecular weight is 506 g/mol. The Kier molecular flexibility index (Phi) is 7.00. The molecule has 0 radical (unpaired) electrons. The second kappa shape index (κ2) is 10.5. The van der Waals surface area contributed by atoms with Crippen LogP contribution >= 0.6 is 0 Å². The zero-order valence-corrected chi connectivity index (χ0v) is 21.9. The predicted octanol–water partition coefficient (Wildman–Crippen LogP) is 4.49. The van der Waals surface area contributed by atoms with Gasteiger partial charge in [-0.1, -0.05) is 6.42 Å². The maximum Gasteiger partial charge on any atom is 0.253 e. The number of piperidine rings is 2. The number of hydrogen-bond acceptors (Lipinski definition) is 6. The zero-order chi connectivity index (χ0) is 25.2. The van der Waals surface area contributed by atoms with E-state index < -0.39 is 0 Å². The van der Waals surface area contributed by atoms with E-state index in [1.54, 1.807) is 7.11 Å². The highest BCUT2D eigenvalue weighted by Crippen LogP contribution is 2.35. The van der Waals surface area contributed by atoms with Crippen LogP contribution in [0.1, 0.15) is 44.9 Å². The van der Waals surface area contributed by atoms with Crippen LogP contribution in [0.4, 0.5) is 11.4 Å². The number of amides is 1. The molecule has 0 aromatic heterocycles. The van der Waals surface area contributed by atoms with Crippen LogP contribution in [0.2, 0.25) is 0 Å². The highest BCUT2D eigenvalue weighted by atomic mass is 16.5.